The number of alkyl halides is 3. The van der Waals surface area contributed by atoms with Crippen molar-refractivity contribution in [3.05, 3.63) is 33.3 Å². The molecule has 0 aromatic heterocycles. The van der Waals surface area contributed by atoms with E-state index in [2.05, 4.69) is 5.32 Å². The van der Waals surface area contributed by atoms with Gasteiger partial charge in [0.05, 0.1) is 11.5 Å². The molecule has 3 rings (SSSR count). The first-order chi connectivity index (χ1) is 12.0. The van der Waals surface area contributed by atoms with Gasteiger partial charge in [0, 0.05) is 5.02 Å². The van der Waals surface area contributed by atoms with Crippen LogP contribution in [-0.4, -0.2) is 23.4 Å². The van der Waals surface area contributed by atoms with Crippen molar-refractivity contribution in [2.24, 2.45) is 5.92 Å². The van der Waals surface area contributed by atoms with Crippen LogP contribution in [0.3, 0.4) is 0 Å². The molecule has 1 saturated heterocycles. The van der Waals surface area contributed by atoms with Crippen LogP contribution in [-0.2, 0) is 9.59 Å². The summed E-state index contributed by atoms with van der Waals surface area (Å²) in [6.45, 7) is 5.43. The molecule has 3 nitrogen and oxygen atoms in total. The van der Waals surface area contributed by atoms with E-state index in [1.807, 2.05) is 19.9 Å². The molecule has 0 bridgehead atoms. The molecule has 1 unspecified atom stereocenters. The van der Waals surface area contributed by atoms with Gasteiger partial charge in [-0.3, -0.25) is 9.59 Å². The highest BCUT2D eigenvalue weighted by molar-refractivity contribution is 6.32. The Hall–Kier alpha value is -1.56. The highest BCUT2D eigenvalue weighted by Gasteiger charge is 2.56. The van der Waals surface area contributed by atoms with Crippen molar-refractivity contribution in [1.29, 1.82) is 0 Å². The van der Waals surface area contributed by atoms with Crippen LogP contribution in [0.2, 0.25) is 5.02 Å². The maximum atomic E-state index is 13.1. The number of carbonyl (C=O) groups is 2. The van der Waals surface area contributed by atoms with Crippen LogP contribution in [0.4, 0.5) is 13.2 Å². The average Bonchev–Trinajstić information content (AvgIpc) is 2.77. The summed E-state index contributed by atoms with van der Waals surface area (Å²) < 4.78 is 38.8. The Bertz CT molecular complexity index is 780. The van der Waals surface area contributed by atoms with E-state index in [0.717, 1.165) is 11.1 Å². The first kappa shape index (κ1) is 19.2. The third kappa shape index (κ3) is 2.92. The zero-order chi connectivity index (χ0) is 19.4. The second kappa shape index (κ2) is 6.25. The van der Waals surface area contributed by atoms with Crippen LogP contribution in [0.25, 0.3) is 0 Å². The summed E-state index contributed by atoms with van der Waals surface area (Å²) in [5.74, 6) is -3.18. The predicted octanol–water partition coefficient (Wildman–Crippen LogP) is 4.54. The summed E-state index contributed by atoms with van der Waals surface area (Å²) in [6, 6.07) is 1.83. The number of Topliss-reactive ketones (excluding diaryl/α,β-unsaturated/α-hetero) is 1. The second-order valence-corrected chi connectivity index (χ2v) is 7.93. The SMILES string of the molecule is Cc1cc(C)c(C2C(=O)NC3(CCC(C(F)(F)F)CC3)C2=O)c(C)c1Cl. The quantitative estimate of drug-likeness (QED) is 0.719. The van der Waals surface area contributed by atoms with Gasteiger partial charge in [-0.2, -0.15) is 13.2 Å². The molecular formula is C19H21ClF3NO2. The van der Waals surface area contributed by atoms with Crippen molar-refractivity contribution < 1.29 is 22.8 Å². The molecule has 1 aromatic rings. The maximum Gasteiger partial charge on any atom is 0.391 e. The standard InChI is InChI=1S/C19H21ClF3NO2/c1-9-8-10(2)15(20)11(3)13(9)14-16(25)18(24-17(14)26)6-4-12(5-7-18)19(21,22)23/h8,12,14H,4-7H2,1-3H3,(H,24,26). The molecule has 1 heterocycles. The van der Waals surface area contributed by atoms with E-state index in [0.29, 0.717) is 16.1 Å². The normalized spacial score (nSPS) is 29.3. The fraction of sp³-hybridized carbons (Fsp3) is 0.579. The van der Waals surface area contributed by atoms with E-state index in [4.69, 9.17) is 11.6 Å². The number of amides is 1. The van der Waals surface area contributed by atoms with Gasteiger partial charge in [0.1, 0.15) is 5.92 Å². The van der Waals surface area contributed by atoms with Gasteiger partial charge in [-0.15, -0.1) is 0 Å². The van der Waals surface area contributed by atoms with Crippen molar-refractivity contribution in [2.75, 3.05) is 0 Å². The zero-order valence-electron chi connectivity index (χ0n) is 14.9. The van der Waals surface area contributed by atoms with Gasteiger partial charge in [0.2, 0.25) is 5.91 Å². The molecule has 1 aliphatic heterocycles. The van der Waals surface area contributed by atoms with Gasteiger partial charge >= 0.3 is 6.18 Å². The number of benzene rings is 1. The van der Waals surface area contributed by atoms with Gasteiger partial charge in [-0.25, -0.2) is 0 Å². The lowest BCUT2D eigenvalue weighted by Crippen LogP contribution is -2.50. The summed E-state index contributed by atoms with van der Waals surface area (Å²) in [5, 5.41) is 3.24. The lowest BCUT2D eigenvalue weighted by molar-refractivity contribution is -0.185. The van der Waals surface area contributed by atoms with Crippen molar-refractivity contribution in [2.45, 2.75) is 64.1 Å². The lowest BCUT2D eigenvalue weighted by Gasteiger charge is -2.36. The van der Waals surface area contributed by atoms with Gasteiger partial charge < -0.3 is 5.32 Å². The van der Waals surface area contributed by atoms with Crippen molar-refractivity contribution in [3.63, 3.8) is 0 Å². The second-order valence-electron chi connectivity index (χ2n) is 7.55. The summed E-state index contributed by atoms with van der Waals surface area (Å²) in [7, 11) is 0. The summed E-state index contributed by atoms with van der Waals surface area (Å²) in [4.78, 5) is 25.8. The van der Waals surface area contributed by atoms with Crippen LogP contribution < -0.4 is 5.32 Å². The Morgan fingerprint density at radius 2 is 1.69 bits per heavy atom. The molecule has 1 aromatic carbocycles. The molecule has 1 N–H and O–H groups in total. The molecule has 1 atom stereocenters. The Labute approximate surface area is 155 Å². The van der Waals surface area contributed by atoms with Crippen LogP contribution in [0.5, 0.6) is 0 Å². The van der Waals surface area contributed by atoms with Crippen LogP contribution in [0, 0.1) is 26.7 Å². The topological polar surface area (TPSA) is 46.2 Å². The maximum absolute atomic E-state index is 13.1. The Morgan fingerprint density at radius 1 is 1.12 bits per heavy atom. The molecule has 1 aliphatic carbocycles. The van der Waals surface area contributed by atoms with Gasteiger partial charge in [0.15, 0.2) is 5.78 Å². The first-order valence-electron chi connectivity index (χ1n) is 8.67. The molecule has 2 aliphatic rings. The summed E-state index contributed by atoms with van der Waals surface area (Å²) in [5.41, 5.74) is 1.73. The number of rotatable bonds is 1. The van der Waals surface area contributed by atoms with E-state index in [-0.39, 0.29) is 31.5 Å². The number of hydrogen-bond donors (Lipinski definition) is 1. The smallest absolute Gasteiger partial charge is 0.343 e. The zero-order valence-corrected chi connectivity index (χ0v) is 15.6. The van der Waals surface area contributed by atoms with E-state index in [1.165, 1.54) is 0 Å². The third-order valence-electron chi connectivity index (χ3n) is 5.89. The molecule has 2 fully saturated rings. The molecule has 1 saturated carbocycles. The Kier molecular flexibility index (Phi) is 4.62. The molecule has 1 amide bonds. The number of nitrogens with one attached hydrogen (secondary N) is 1. The van der Waals surface area contributed by atoms with E-state index in [1.54, 1.807) is 6.92 Å². The van der Waals surface area contributed by atoms with Crippen LogP contribution in [0.1, 0.15) is 53.9 Å². The third-order valence-corrected chi connectivity index (χ3v) is 6.47. The molecule has 7 heteroatoms. The molecule has 142 valence electrons. The van der Waals surface area contributed by atoms with Gasteiger partial charge in [-0.05, 0) is 68.7 Å². The molecule has 1 spiro atoms. The van der Waals surface area contributed by atoms with E-state index >= 15 is 0 Å². The molecule has 26 heavy (non-hydrogen) atoms. The molecular weight excluding hydrogens is 367 g/mol. The largest absolute Gasteiger partial charge is 0.391 e. The van der Waals surface area contributed by atoms with Crippen molar-refractivity contribution >= 4 is 23.3 Å². The van der Waals surface area contributed by atoms with E-state index in [9.17, 15) is 22.8 Å². The number of aryl methyl sites for hydroxylation is 2. The van der Waals surface area contributed by atoms with Gasteiger partial charge in [0.25, 0.3) is 0 Å². The minimum Gasteiger partial charge on any atom is -0.343 e. The number of hydrogen-bond acceptors (Lipinski definition) is 2. The van der Waals surface area contributed by atoms with Gasteiger partial charge in [-0.1, -0.05) is 17.7 Å². The summed E-state index contributed by atoms with van der Waals surface area (Å²) in [6.07, 6.45) is -4.50. The lowest BCUT2D eigenvalue weighted by atomic mass is 9.72. The number of carbonyl (C=O) groups excluding carboxylic acids is 2. The Morgan fingerprint density at radius 3 is 2.23 bits per heavy atom. The highest BCUT2D eigenvalue weighted by Crippen LogP contribution is 2.46. The fourth-order valence-corrected chi connectivity index (χ4v) is 4.61. The minimum atomic E-state index is -4.26. The van der Waals surface area contributed by atoms with Crippen LogP contribution >= 0.6 is 11.6 Å². The molecule has 0 radical (unpaired) electrons. The first-order valence-corrected chi connectivity index (χ1v) is 9.05. The predicted molar refractivity (Wildman–Crippen MR) is 92.3 cm³/mol. The monoisotopic (exact) mass is 387 g/mol. The van der Waals surface area contributed by atoms with Crippen LogP contribution in [0.15, 0.2) is 6.07 Å². The average molecular weight is 388 g/mol. The highest BCUT2D eigenvalue weighted by atomic mass is 35.5. The Balaban J connectivity index is 1.94. The minimum absolute atomic E-state index is 0.0237. The van der Waals surface area contributed by atoms with E-state index < -0.39 is 29.5 Å². The van der Waals surface area contributed by atoms with Crippen molar-refractivity contribution in [1.82, 2.24) is 5.32 Å². The van der Waals surface area contributed by atoms with Crippen molar-refractivity contribution in [3.8, 4) is 0 Å². The number of ketones is 1. The summed E-state index contributed by atoms with van der Waals surface area (Å²) >= 11 is 6.31. The number of halogens is 4. The fourth-order valence-electron chi connectivity index (χ4n) is 4.46.